The van der Waals surface area contributed by atoms with Gasteiger partial charge in [-0.15, -0.1) is 0 Å². The molecule has 0 N–H and O–H groups in total. The summed E-state index contributed by atoms with van der Waals surface area (Å²) < 4.78 is 19.6. The van der Waals surface area contributed by atoms with Gasteiger partial charge < -0.3 is 14.4 Å². The highest BCUT2D eigenvalue weighted by atomic mass is 32.1. The molecule has 6 rings (SSSR count). The van der Waals surface area contributed by atoms with Gasteiger partial charge >= 0.3 is 0 Å². The van der Waals surface area contributed by atoms with E-state index in [1.807, 2.05) is 16.9 Å². The lowest BCUT2D eigenvalue weighted by atomic mass is 9.80. The first-order valence-electron chi connectivity index (χ1n) is 12.4. The number of anilines is 1. The molecule has 0 spiro atoms. The maximum Gasteiger partial charge on any atom is 0.150 e. The van der Waals surface area contributed by atoms with Crippen molar-refractivity contribution in [1.82, 2.24) is 19.1 Å². The number of morpholine rings is 1. The van der Waals surface area contributed by atoms with E-state index in [9.17, 15) is 5.26 Å². The molecule has 2 saturated heterocycles. The van der Waals surface area contributed by atoms with Gasteiger partial charge in [-0.3, -0.25) is 0 Å². The molecule has 0 amide bonds. The Kier molecular flexibility index (Phi) is 5.76. The van der Waals surface area contributed by atoms with Crippen LogP contribution in [0.3, 0.4) is 0 Å². The molecule has 1 unspecified atom stereocenters. The van der Waals surface area contributed by atoms with E-state index in [2.05, 4.69) is 29.1 Å². The Morgan fingerprint density at radius 2 is 2.09 bits per heavy atom. The van der Waals surface area contributed by atoms with Crippen LogP contribution in [0.15, 0.2) is 18.3 Å². The van der Waals surface area contributed by atoms with Crippen LogP contribution in [0.2, 0.25) is 0 Å². The van der Waals surface area contributed by atoms with Crippen LogP contribution in [0.5, 0.6) is 0 Å². The van der Waals surface area contributed by atoms with Gasteiger partial charge in [0.1, 0.15) is 17.0 Å². The molecule has 178 valence electrons. The van der Waals surface area contributed by atoms with Crippen LogP contribution >= 0.6 is 11.5 Å². The number of nitriles is 1. The van der Waals surface area contributed by atoms with E-state index in [0.717, 1.165) is 91.1 Å². The molecule has 2 atom stereocenters. The average molecular weight is 479 g/mol. The topological polar surface area (TPSA) is 89.1 Å². The molecule has 3 aromatic heterocycles. The molecule has 2 aliphatic heterocycles. The lowest BCUT2D eigenvalue weighted by molar-refractivity contribution is -0.0383. The average Bonchev–Trinajstić information content (AvgIpc) is 3.64. The van der Waals surface area contributed by atoms with Gasteiger partial charge in [-0.25, -0.2) is 9.67 Å². The molecule has 8 nitrogen and oxygen atoms in total. The zero-order valence-electron chi connectivity index (χ0n) is 19.6. The summed E-state index contributed by atoms with van der Waals surface area (Å²) in [5, 5.41) is 14.9. The smallest absolute Gasteiger partial charge is 0.150 e. The second kappa shape index (κ2) is 8.91. The summed E-state index contributed by atoms with van der Waals surface area (Å²) in [6, 6.07) is 7.11. The van der Waals surface area contributed by atoms with E-state index >= 15 is 0 Å². The summed E-state index contributed by atoms with van der Waals surface area (Å²) in [7, 11) is 0. The number of hydrogen-bond acceptors (Lipinski definition) is 8. The summed E-state index contributed by atoms with van der Waals surface area (Å²) in [6.07, 6.45) is 8.87. The van der Waals surface area contributed by atoms with Crippen LogP contribution in [-0.4, -0.2) is 51.5 Å². The minimum Gasteiger partial charge on any atom is -0.377 e. The highest BCUT2D eigenvalue weighted by molar-refractivity contribution is 7.13. The van der Waals surface area contributed by atoms with Gasteiger partial charge in [0.05, 0.1) is 41.1 Å². The van der Waals surface area contributed by atoms with E-state index in [4.69, 9.17) is 18.8 Å². The fourth-order valence-electron chi connectivity index (χ4n) is 5.71. The Bertz CT molecular complexity index is 1220. The van der Waals surface area contributed by atoms with Crippen molar-refractivity contribution in [2.75, 3.05) is 31.3 Å². The Morgan fingerprint density at radius 1 is 1.21 bits per heavy atom. The van der Waals surface area contributed by atoms with Crippen LogP contribution in [0, 0.1) is 11.3 Å². The molecule has 0 aromatic carbocycles. The second-order valence-corrected chi connectivity index (χ2v) is 10.5. The van der Waals surface area contributed by atoms with Crippen LogP contribution in [0.25, 0.3) is 21.6 Å². The molecule has 1 saturated carbocycles. The van der Waals surface area contributed by atoms with Crippen LogP contribution in [0.1, 0.15) is 63.7 Å². The summed E-state index contributed by atoms with van der Waals surface area (Å²) >= 11 is 1.46. The maximum absolute atomic E-state index is 10.3. The molecular formula is C25H30N6O2S. The van der Waals surface area contributed by atoms with Crippen LogP contribution < -0.4 is 4.90 Å². The van der Waals surface area contributed by atoms with Gasteiger partial charge in [-0.1, -0.05) is 12.8 Å². The molecule has 3 fully saturated rings. The fourth-order valence-corrected chi connectivity index (χ4v) is 6.66. The number of aromatic nitrogens is 4. The zero-order valence-corrected chi connectivity index (χ0v) is 20.4. The van der Waals surface area contributed by atoms with E-state index < -0.39 is 5.41 Å². The predicted octanol–water partition coefficient (Wildman–Crippen LogP) is 4.81. The largest absolute Gasteiger partial charge is 0.377 e. The normalized spacial score (nSPS) is 25.0. The Hall–Kier alpha value is -2.54. The third kappa shape index (κ3) is 3.60. The molecule has 3 aromatic rings. The van der Waals surface area contributed by atoms with Crippen molar-refractivity contribution < 1.29 is 9.47 Å². The second-order valence-electron chi connectivity index (χ2n) is 9.74. The first-order chi connectivity index (χ1) is 16.7. The van der Waals surface area contributed by atoms with Crippen LogP contribution in [-0.2, 0) is 14.9 Å². The standard InChI is InChI=1S/C25H30N6O2S/c1-17-15-32-13-11-30(17)20-14-18(25(16-26)8-3-4-9-25)24-23(28-20)22(29-34-24)19-7-10-27-31(19)21-6-2-5-12-33-21/h7,10,14,17,21H,2-6,8-9,11-13,15H2,1H3/t17-,21?/m1/s1. The zero-order chi connectivity index (χ0) is 23.1. The lowest BCUT2D eigenvalue weighted by Gasteiger charge is -2.35. The highest BCUT2D eigenvalue weighted by Crippen LogP contribution is 2.47. The van der Waals surface area contributed by atoms with E-state index in [-0.39, 0.29) is 12.3 Å². The first-order valence-corrected chi connectivity index (χ1v) is 13.2. The van der Waals surface area contributed by atoms with E-state index in [0.29, 0.717) is 13.2 Å². The number of rotatable bonds is 4. The van der Waals surface area contributed by atoms with Gasteiger partial charge in [-0.2, -0.15) is 14.7 Å². The van der Waals surface area contributed by atoms with Gasteiger partial charge in [0.2, 0.25) is 0 Å². The number of hydrogen-bond donors (Lipinski definition) is 0. The molecule has 5 heterocycles. The van der Waals surface area contributed by atoms with E-state index in [1.54, 1.807) is 0 Å². The summed E-state index contributed by atoms with van der Waals surface area (Å²) in [6.45, 7) is 5.08. The monoisotopic (exact) mass is 478 g/mol. The molecular weight excluding hydrogens is 448 g/mol. The van der Waals surface area contributed by atoms with Crippen molar-refractivity contribution in [1.29, 1.82) is 5.26 Å². The van der Waals surface area contributed by atoms with E-state index in [1.165, 1.54) is 11.5 Å². The van der Waals surface area contributed by atoms with Gasteiger partial charge in [-0.05, 0) is 68.3 Å². The van der Waals surface area contributed by atoms with Crippen LogP contribution in [0.4, 0.5) is 5.82 Å². The third-order valence-electron chi connectivity index (χ3n) is 7.60. The van der Waals surface area contributed by atoms with Crippen molar-refractivity contribution in [3.63, 3.8) is 0 Å². The lowest BCUT2D eigenvalue weighted by Crippen LogP contribution is -2.44. The quantitative estimate of drug-likeness (QED) is 0.531. The van der Waals surface area contributed by atoms with Crippen molar-refractivity contribution >= 4 is 27.6 Å². The van der Waals surface area contributed by atoms with Gasteiger partial charge in [0, 0.05) is 19.3 Å². The van der Waals surface area contributed by atoms with Crippen molar-refractivity contribution in [2.45, 2.75) is 69.6 Å². The van der Waals surface area contributed by atoms with Crippen molar-refractivity contribution in [3.8, 4) is 17.5 Å². The maximum atomic E-state index is 10.3. The number of ether oxygens (including phenoxy) is 2. The third-order valence-corrected chi connectivity index (χ3v) is 8.47. The molecule has 9 heteroatoms. The molecule has 0 bridgehead atoms. The number of nitrogens with zero attached hydrogens (tertiary/aromatic N) is 6. The minimum atomic E-state index is -0.470. The first kappa shape index (κ1) is 22.0. The fraction of sp³-hybridized carbons (Fsp3) is 0.600. The Balaban J connectivity index is 1.53. The summed E-state index contributed by atoms with van der Waals surface area (Å²) in [5.74, 6) is 0.918. The Morgan fingerprint density at radius 3 is 2.85 bits per heavy atom. The van der Waals surface area contributed by atoms with Gasteiger partial charge in [0.25, 0.3) is 0 Å². The SMILES string of the molecule is C[C@@H]1COCCN1c1cc(C2(C#N)CCCC2)c2snc(-c3ccnn3C3CCCCO3)c2n1. The summed E-state index contributed by atoms with van der Waals surface area (Å²) in [4.78, 5) is 7.49. The molecule has 3 aliphatic rings. The van der Waals surface area contributed by atoms with Crippen molar-refractivity contribution in [3.05, 3.63) is 23.9 Å². The summed E-state index contributed by atoms with van der Waals surface area (Å²) in [5.41, 5.74) is 3.26. The molecule has 34 heavy (non-hydrogen) atoms. The Labute approximate surface area is 203 Å². The van der Waals surface area contributed by atoms with Gasteiger partial charge in [0.15, 0.2) is 6.23 Å². The predicted molar refractivity (Wildman–Crippen MR) is 131 cm³/mol. The number of fused-ring (bicyclic) bond motifs is 1. The van der Waals surface area contributed by atoms with Crippen molar-refractivity contribution in [2.24, 2.45) is 0 Å². The highest BCUT2D eigenvalue weighted by Gasteiger charge is 2.39. The minimum absolute atomic E-state index is 0.0716. The number of pyridine rings is 1. The molecule has 1 aliphatic carbocycles. The molecule has 0 radical (unpaired) electrons.